The number of aromatic amines is 1. The first kappa shape index (κ1) is 20.6. The van der Waals surface area contributed by atoms with Crippen molar-refractivity contribution in [3.63, 3.8) is 0 Å². The first-order chi connectivity index (χ1) is 14.3. The summed E-state index contributed by atoms with van der Waals surface area (Å²) in [6.07, 6.45) is 0.610. The number of nitrogens with one attached hydrogen (secondary N) is 3. The number of likely N-dealkylation sites (N-methyl/N-ethyl adjacent to an activating group) is 1. The van der Waals surface area contributed by atoms with Crippen LogP contribution >= 0.6 is 0 Å². The Morgan fingerprint density at radius 1 is 1.30 bits per heavy atom. The van der Waals surface area contributed by atoms with Crippen molar-refractivity contribution >= 4 is 17.5 Å². The molecular weight excluding hydrogens is 383 g/mol. The average Bonchev–Trinajstić information content (AvgIpc) is 3.31. The van der Waals surface area contributed by atoms with E-state index in [1.807, 2.05) is 13.8 Å². The molecule has 0 saturated heterocycles. The third kappa shape index (κ3) is 3.12. The van der Waals surface area contributed by atoms with E-state index in [9.17, 15) is 14.0 Å². The summed E-state index contributed by atoms with van der Waals surface area (Å²) in [6.45, 7) is 11.3. The van der Waals surface area contributed by atoms with Gasteiger partial charge in [0.25, 0.3) is 5.91 Å². The molecule has 2 amide bonds. The molecule has 1 aliphatic carbocycles. The van der Waals surface area contributed by atoms with Crippen LogP contribution in [0.5, 0.6) is 0 Å². The summed E-state index contributed by atoms with van der Waals surface area (Å²) in [5, 5.41) is 5.90. The minimum absolute atomic E-state index is 0.0866. The first-order valence-corrected chi connectivity index (χ1v) is 10.6. The maximum atomic E-state index is 13.9. The molecule has 0 radical (unpaired) electrons. The number of amides is 2. The molecule has 1 aliphatic heterocycles. The standard InChI is InChI=1S/C23H29FN4O2/c1-5-28(6-2)10-9-25-21(29)19-13(3)20(26-14(19)4)17-12-23(17)16-11-15(24)7-8-18(16)27-22(23)30/h7-8,11,17,26H,5-6,9-10,12H2,1-4H3,(H,25,29)(H,27,30). The lowest BCUT2D eigenvalue weighted by Crippen LogP contribution is -2.35. The molecule has 3 N–H and O–H groups in total. The van der Waals surface area contributed by atoms with Gasteiger partial charge < -0.3 is 20.5 Å². The number of aryl methyl sites for hydroxylation is 1. The van der Waals surface area contributed by atoms with Crippen LogP contribution in [0.4, 0.5) is 10.1 Å². The van der Waals surface area contributed by atoms with Gasteiger partial charge in [-0.2, -0.15) is 0 Å². The van der Waals surface area contributed by atoms with Gasteiger partial charge in [-0.1, -0.05) is 13.8 Å². The zero-order valence-corrected chi connectivity index (χ0v) is 18.0. The number of benzene rings is 1. The predicted molar refractivity (Wildman–Crippen MR) is 114 cm³/mol. The third-order valence-corrected chi connectivity index (χ3v) is 6.74. The van der Waals surface area contributed by atoms with Crippen LogP contribution < -0.4 is 10.6 Å². The minimum Gasteiger partial charge on any atom is -0.361 e. The van der Waals surface area contributed by atoms with Gasteiger partial charge in [-0.05, 0) is 62.7 Å². The molecule has 2 heterocycles. The molecule has 1 saturated carbocycles. The van der Waals surface area contributed by atoms with Crippen LogP contribution in [0.1, 0.15) is 59.1 Å². The fourth-order valence-electron chi connectivity index (χ4n) is 4.93. The van der Waals surface area contributed by atoms with Crippen molar-refractivity contribution in [1.82, 2.24) is 15.2 Å². The Morgan fingerprint density at radius 3 is 2.73 bits per heavy atom. The van der Waals surface area contributed by atoms with Crippen molar-refractivity contribution < 1.29 is 14.0 Å². The quantitative estimate of drug-likeness (QED) is 0.654. The van der Waals surface area contributed by atoms with Gasteiger partial charge in [0.1, 0.15) is 5.82 Å². The van der Waals surface area contributed by atoms with Crippen molar-refractivity contribution in [2.45, 2.75) is 45.4 Å². The average molecular weight is 413 g/mol. The van der Waals surface area contributed by atoms with Crippen LogP contribution in [0.15, 0.2) is 18.2 Å². The highest BCUT2D eigenvalue weighted by Crippen LogP contribution is 2.65. The highest BCUT2D eigenvalue weighted by molar-refractivity contribution is 6.10. The monoisotopic (exact) mass is 412 g/mol. The van der Waals surface area contributed by atoms with Crippen molar-refractivity contribution in [1.29, 1.82) is 0 Å². The number of rotatable bonds is 7. The van der Waals surface area contributed by atoms with Crippen molar-refractivity contribution in [3.05, 3.63) is 52.1 Å². The van der Waals surface area contributed by atoms with Gasteiger partial charge in [-0.3, -0.25) is 9.59 Å². The van der Waals surface area contributed by atoms with Crippen molar-refractivity contribution in [2.75, 3.05) is 31.5 Å². The zero-order chi connectivity index (χ0) is 21.6. The van der Waals surface area contributed by atoms with Crippen LogP contribution in [0.3, 0.4) is 0 Å². The summed E-state index contributed by atoms with van der Waals surface area (Å²) in [4.78, 5) is 31.2. The second-order valence-corrected chi connectivity index (χ2v) is 8.32. The van der Waals surface area contributed by atoms with Crippen LogP contribution in [-0.2, 0) is 10.2 Å². The topological polar surface area (TPSA) is 77.2 Å². The van der Waals surface area contributed by atoms with E-state index in [-0.39, 0.29) is 23.5 Å². The molecule has 1 fully saturated rings. The molecule has 1 aromatic carbocycles. The number of carbonyl (C=O) groups excluding carboxylic acids is 2. The number of hydrogen-bond acceptors (Lipinski definition) is 3. The lowest BCUT2D eigenvalue weighted by atomic mass is 9.92. The van der Waals surface area contributed by atoms with Crippen LogP contribution in [0, 0.1) is 19.7 Å². The highest BCUT2D eigenvalue weighted by Gasteiger charge is 2.66. The van der Waals surface area contributed by atoms with Gasteiger partial charge in [-0.15, -0.1) is 0 Å². The maximum absolute atomic E-state index is 13.9. The fourth-order valence-corrected chi connectivity index (χ4v) is 4.93. The summed E-state index contributed by atoms with van der Waals surface area (Å²) < 4.78 is 13.9. The number of aromatic nitrogens is 1. The third-order valence-electron chi connectivity index (χ3n) is 6.74. The minimum atomic E-state index is -0.740. The van der Waals surface area contributed by atoms with Gasteiger partial charge in [0.15, 0.2) is 0 Å². The van der Waals surface area contributed by atoms with E-state index in [0.717, 1.165) is 42.1 Å². The Morgan fingerprint density at radius 2 is 2.03 bits per heavy atom. The van der Waals surface area contributed by atoms with Gasteiger partial charge in [-0.25, -0.2) is 4.39 Å². The largest absolute Gasteiger partial charge is 0.361 e. The van der Waals surface area contributed by atoms with E-state index in [2.05, 4.69) is 34.4 Å². The summed E-state index contributed by atoms with van der Waals surface area (Å²) in [5.41, 5.74) is 3.86. The van der Waals surface area contributed by atoms with E-state index in [0.29, 0.717) is 24.2 Å². The number of fused-ring (bicyclic) bond motifs is 2. The lowest BCUT2D eigenvalue weighted by Gasteiger charge is -2.18. The Labute approximate surface area is 176 Å². The number of hydrogen-bond donors (Lipinski definition) is 3. The first-order valence-electron chi connectivity index (χ1n) is 10.6. The highest BCUT2D eigenvalue weighted by atomic mass is 19.1. The van der Waals surface area contributed by atoms with E-state index in [1.165, 1.54) is 12.1 Å². The number of halogens is 1. The van der Waals surface area contributed by atoms with Gasteiger partial charge >= 0.3 is 0 Å². The molecule has 2 unspecified atom stereocenters. The Kier molecular flexibility index (Phi) is 5.18. The van der Waals surface area contributed by atoms with Crippen molar-refractivity contribution in [3.8, 4) is 0 Å². The van der Waals surface area contributed by atoms with Gasteiger partial charge in [0.2, 0.25) is 5.91 Å². The number of nitrogens with zero attached hydrogens (tertiary/aromatic N) is 1. The molecule has 6 nitrogen and oxygen atoms in total. The molecule has 4 rings (SSSR count). The number of H-pyrrole nitrogens is 1. The molecule has 7 heteroatoms. The molecule has 160 valence electrons. The molecule has 0 bridgehead atoms. The van der Waals surface area contributed by atoms with Gasteiger partial charge in [0, 0.05) is 36.1 Å². The molecule has 1 spiro atoms. The molecule has 2 aliphatic rings. The normalized spacial score (nSPS) is 21.8. The second kappa shape index (κ2) is 7.54. The smallest absolute Gasteiger partial charge is 0.253 e. The molecule has 1 aromatic heterocycles. The molecule has 2 aromatic rings. The molecular formula is C23H29FN4O2. The number of carbonyl (C=O) groups is 2. The summed E-state index contributed by atoms with van der Waals surface area (Å²) in [5.74, 6) is -0.624. The van der Waals surface area contributed by atoms with Crippen LogP contribution in [0.2, 0.25) is 0 Å². The van der Waals surface area contributed by atoms with Crippen LogP contribution in [-0.4, -0.2) is 47.9 Å². The lowest BCUT2D eigenvalue weighted by molar-refractivity contribution is -0.118. The maximum Gasteiger partial charge on any atom is 0.253 e. The summed E-state index contributed by atoms with van der Waals surface area (Å²) in [6, 6.07) is 4.44. The van der Waals surface area contributed by atoms with E-state index in [4.69, 9.17) is 0 Å². The van der Waals surface area contributed by atoms with Crippen molar-refractivity contribution in [2.24, 2.45) is 0 Å². The Bertz CT molecular complexity index is 1010. The number of anilines is 1. The fraction of sp³-hybridized carbons (Fsp3) is 0.478. The molecule has 2 atom stereocenters. The zero-order valence-electron chi connectivity index (χ0n) is 18.0. The Balaban J connectivity index is 1.55. The van der Waals surface area contributed by atoms with E-state index >= 15 is 0 Å². The van der Waals surface area contributed by atoms with E-state index < -0.39 is 5.41 Å². The predicted octanol–water partition coefficient (Wildman–Crippen LogP) is 3.22. The van der Waals surface area contributed by atoms with E-state index in [1.54, 1.807) is 6.07 Å². The Hall–Kier alpha value is -2.67. The second-order valence-electron chi connectivity index (χ2n) is 8.32. The van der Waals surface area contributed by atoms with Crippen LogP contribution in [0.25, 0.3) is 0 Å². The summed E-state index contributed by atoms with van der Waals surface area (Å²) >= 11 is 0. The van der Waals surface area contributed by atoms with Gasteiger partial charge in [0.05, 0.1) is 11.0 Å². The summed E-state index contributed by atoms with van der Waals surface area (Å²) in [7, 11) is 0. The molecule has 30 heavy (non-hydrogen) atoms. The SMILES string of the molecule is CCN(CC)CCNC(=O)c1c(C)[nH]c(C2CC23C(=O)Nc2ccc(F)cc23)c1C.